The Labute approximate surface area is 118 Å². The van der Waals surface area contributed by atoms with Crippen molar-refractivity contribution in [3.63, 3.8) is 0 Å². The van der Waals surface area contributed by atoms with Crippen LogP contribution in [-0.4, -0.2) is 11.2 Å². The molecule has 2 rings (SSSR count). The van der Waals surface area contributed by atoms with Gasteiger partial charge in [0.1, 0.15) is 0 Å². The highest BCUT2D eigenvalue weighted by molar-refractivity contribution is 5.47. The fraction of sp³-hybridized carbons (Fsp3) is 0.688. The molecule has 0 unspecified atom stereocenters. The highest BCUT2D eigenvalue weighted by Gasteiger charge is 2.34. The van der Waals surface area contributed by atoms with Gasteiger partial charge in [0.2, 0.25) is 0 Å². The maximum absolute atomic E-state index is 12.8. The summed E-state index contributed by atoms with van der Waals surface area (Å²) in [4.78, 5) is 4.36. The summed E-state index contributed by atoms with van der Waals surface area (Å²) in [6.07, 6.45) is -1.73. The standard InChI is InChI=1S/C16H22F3N/c1-5-10-13(9-16(17,18)19)20-12-8-6-7-11(12)14(10)15(2,3)4/h5-9H2,1-4H3. The van der Waals surface area contributed by atoms with Gasteiger partial charge in [0, 0.05) is 5.69 Å². The minimum Gasteiger partial charge on any atom is -0.257 e. The molecule has 0 amide bonds. The van der Waals surface area contributed by atoms with Crippen LogP contribution in [0.15, 0.2) is 0 Å². The summed E-state index contributed by atoms with van der Waals surface area (Å²) >= 11 is 0. The van der Waals surface area contributed by atoms with Crippen LogP contribution in [-0.2, 0) is 31.1 Å². The molecule has 0 aromatic carbocycles. The number of pyridine rings is 1. The van der Waals surface area contributed by atoms with Crippen LogP contribution in [0.1, 0.15) is 62.2 Å². The molecule has 0 radical (unpaired) electrons. The molecule has 0 saturated heterocycles. The zero-order valence-corrected chi connectivity index (χ0v) is 12.6. The van der Waals surface area contributed by atoms with Gasteiger partial charge in [0.25, 0.3) is 0 Å². The van der Waals surface area contributed by atoms with E-state index in [2.05, 4.69) is 25.8 Å². The number of alkyl halides is 3. The van der Waals surface area contributed by atoms with Gasteiger partial charge in [0.15, 0.2) is 0 Å². The van der Waals surface area contributed by atoms with E-state index in [0.29, 0.717) is 6.42 Å². The van der Waals surface area contributed by atoms with Crippen molar-refractivity contribution in [2.75, 3.05) is 0 Å². The van der Waals surface area contributed by atoms with Crippen molar-refractivity contribution in [1.82, 2.24) is 4.98 Å². The molecule has 1 aliphatic rings. The lowest BCUT2D eigenvalue weighted by Gasteiger charge is -2.28. The average molecular weight is 285 g/mol. The quantitative estimate of drug-likeness (QED) is 0.777. The molecule has 0 aliphatic heterocycles. The van der Waals surface area contributed by atoms with Crippen LogP contribution in [0, 0.1) is 0 Å². The minimum atomic E-state index is -4.20. The Morgan fingerprint density at radius 3 is 2.25 bits per heavy atom. The van der Waals surface area contributed by atoms with Gasteiger partial charge in [-0.3, -0.25) is 4.98 Å². The number of aryl methyl sites for hydroxylation is 1. The fourth-order valence-electron chi connectivity index (χ4n) is 3.30. The number of fused-ring (bicyclic) bond motifs is 1. The Morgan fingerprint density at radius 2 is 1.75 bits per heavy atom. The lowest BCUT2D eigenvalue weighted by Crippen LogP contribution is -2.23. The van der Waals surface area contributed by atoms with Crippen molar-refractivity contribution in [3.05, 3.63) is 28.1 Å². The Hall–Kier alpha value is -1.06. The zero-order chi connectivity index (χ0) is 15.1. The molecule has 0 N–H and O–H groups in total. The summed E-state index contributed by atoms with van der Waals surface area (Å²) < 4.78 is 38.4. The van der Waals surface area contributed by atoms with Gasteiger partial charge >= 0.3 is 6.18 Å². The van der Waals surface area contributed by atoms with E-state index in [1.807, 2.05) is 6.92 Å². The number of halogens is 3. The monoisotopic (exact) mass is 285 g/mol. The number of nitrogens with zero attached hydrogens (tertiary/aromatic N) is 1. The topological polar surface area (TPSA) is 12.9 Å². The lowest BCUT2D eigenvalue weighted by molar-refractivity contribution is -0.128. The SMILES string of the molecule is CCc1c(CC(F)(F)F)nc2c(c1C(C)(C)C)CCC2. The first-order chi connectivity index (χ1) is 9.13. The molecule has 0 bridgehead atoms. The van der Waals surface area contributed by atoms with Crippen molar-refractivity contribution < 1.29 is 13.2 Å². The third kappa shape index (κ3) is 2.99. The van der Waals surface area contributed by atoms with Gasteiger partial charge in [-0.05, 0) is 47.8 Å². The van der Waals surface area contributed by atoms with E-state index in [1.54, 1.807) is 0 Å². The third-order valence-electron chi connectivity index (χ3n) is 3.88. The highest BCUT2D eigenvalue weighted by atomic mass is 19.4. The van der Waals surface area contributed by atoms with E-state index in [9.17, 15) is 13.2 Å². The van der Waals surface area contributed by atoms with E-state index < -0.39 is 12.6 Å². The van der Waals surface area contributed by atoms with E-state index in [-0.39, 0.29) is 11.1 Å². The predicted molar refractivity (Wildman–Crippen MR) is 74.1 cm³/mol. The smallest absolute Gasteiger partial charge is 0.257 e. The molecule has 1 heterocycles. The van der Waals surface area contributed by atoms with Gasteiger partial charge < -0.3 is 0 Å². The Morgan fingerprint density at radius 1 is 1.10 bits per heavy atom. The molecule has 0 fully saturated rings. The van der Waals surface area contributed by atoms with Crippen LogP contribution in [0.25, 0.3) is 0 Å². The van der Waals surface area contributed by atoms with Gasteiger partial charge in [-0.25, -0.2) is 0 Å². The fourth-order valence-corrected chi connectivity index (χ4v) is 3.30. The van der Waals surface area contributed by atoms with Gasteiger partial charge in [-0.1, -0.05) is 27.7 Å². The van der Waals surface area contributed by atoms with Crippen LogP contribution in [0.4, 0.5) is 13.2 Å². The van der Waals surface area contributed by atoms with Crippen LogP contribution in [0.2, 0.25) is 0 Å². The Balaban J connectivity index is 2.65. The number of aromatic nitrogens is 1. The number of hydrogen-bond acceptors (Lipinski definition) is 1. The lowest BCUT2D eigenvalue weighted by atomic mass is 9.79. The summed E-state index contributed by atoms with van der Waals surface area (Å²) in [5.74, 6) is 0. The minimum absolute atomic E-state index is 0.136. The predicted octanol–water partition coefficient (Wildman–Crippen LogP) is 4.54. The maximum atomic E-state index is 12.8. The molecule has 1 nitrogen and oxygen atoms in total. The van der Waals surface area contributed by atoms with Crippen molar-refractivity contribution >= 4 is 0 Å². The third-order valence-corrected chi connectivity index (χ3v) is 3.88. The molecular weight excluding hydrogens is 263 g/mol. The van der Waals surface area contributed by atoms with Gasteiger partial charge in [-0.15, -0.1) is 0 Å². The largest absolute Gasteiger partial charge is 0.394 e. The normalized spacial score (nSPS) is 15.6. The second-order valence-corrected chi connectivity index (χ2v) is 6.59. The zero-order valence-electron chi connectivity index (χ0n) is 12.6. The van der Waals surface area contributed by atoms with E-state index in [1.165, 1.54) is 5.56 Å². The average Bonchev–Trinajstić information content (AvgIpc) is 2.70. The first-order valence-corrected chi connectivity index (χ1v) is 7.24. The molecular formula is C16H22F3N. The van der Waals surface area contributed by atoms with Crippen molar-refractivity contribution in [2.45, 2.75) is 71.4 Å². The summed E-state index contributed by atoms with van der Waals surface area (Å²) in [6, 6.07) is 0. The number of hydrogen-bond donors (Lipinski definition) is 0. The van der Waals surface area contributed by atoms with Gasteiger partial charge in [0.05, 0.1) is 12.1 Å². The second kappa shape index (κ2) is 5.05. The second-order valence-electron chi connectivity index (χ2n) is 6.59. The summed E-state index contributed by atoms with van der Waals surface area (Å²) in [5.41, 5.74) is 4.14. The Kier molecular flexibility index (Phi) is 3.87. The van der Waals surface area contributed by atoms with E-state index >= 15 is 0 Å². The molecule has 1 aliphatic carbocycles. The van der Waals surface area contributed by atoms with Crippen molar-refractivity contribution in [2.24, 2.45) is 0 Å². The molecule has 112 valence electrons. The van der Waals surface area contributed by atoms with Gasteiger partial charge in [-0.2, -0.15) is 13.2 Å². The van der Waals surface area contributed by atoms with Crippen LogP contribution in [0.5, 0.6) is 0 Å². The maximum Gasteiger partial charge on any atom is 0.394 e. The molecule has 4 heteroatoms. The van der Waals surface area contributed by atoms with E-state index in [4.69, 9.17) is 0 Å². The summed E-state index contributed by atoms with van der Waals surface area (Å²) in [5, 5.41) is 0. The van der Waals surface area contributed by atoms with Crippen molar-refractivity contribution in [1.29, 1.82) is 0 Å². The molecule has 1 aromatic heterocycles. The summed E-state index contributed by atoms with van der Waals surface area (Å²) in [7, 11) is 0. The van der Waals surface area contributed by atoms with Crippen LogP contribution in [0.3, 0.4) is 0 Å². The Bertz CT molecular complexity index is 510. The van der Waals surface area contributed by atoms with E-state index in [0.717, 1.165) is 36.1 Å². The molecule has 0 atom stereocenters. The van der Waals surface area contributed by atoms with Crippen molar-refractivity contribution in [3.8, 4) is 0 Å². The summed E-state index contributed by atoms with van der Waals surface area (Å²) in [6.45, 7) is 8.17. The van der Waals surface area contributed by atoms with Crippen LogP contribution >= 0.6 is 0 Å². The molecule has 1 aromatic rings. The first-order valence-electron chi connectivity index (χ1n) is 7.24. The molecule has 20 heavy (non-hydrogen) atoms. The molecule has 0 spiro atoms. The highest BCUT2D eigenvalue weighted by Crippen LogP contribution is 2.38. The first kappa shape index (κ1) is 15.3. The van der Waals surface area contributed by atoms with Crippen LogP contribution < -0.4 is 0 Å². The number of rotatable bonds is 2. The molecule has 0 saturated carbocycles.